The van der Waals surface area contributed by atoms with E-state index in [4.69, 9.17) is 5.11 Å². The van der Waals surface area contributed by atoms with Gasteiger partial charge in [0.1, 0.15) is 0 Å². The predicted octanol–water partition coefficient (Wildman–Crippen LogP) is 0.277. The third-order valence-corrected chi connectivity index (χ3v) is 1.73. The topological polar surface area (TPSA) is 49.7 Å². The van der Waals surface area contributed by atoms with E-state index < -0.39 is 6.10 Å². The molecule has 4 heteroatoms. The number of aliphatic imine (C=N–C) groups is 1. The normalized spacial score (nSPS) is 26.2. The third kappa shape index (κ3) is 1.36. The molecule has 1 N–H and O–H groups in total. The Morgan fingerprint density at radius 1 is 1.78 bits per heavy atom. The minimum absolute atomic E-state index is 0.273. The summed E-state index contributed by atoms with van der Waals surface area (Å²) in [6.45, 7) is 0. The van der Waals surface area contributed by atoms with Crippen molar-refractivity contribution < 1.29 is 9.90 Å². The molecule has 0 fully saturated rings. The number of carbonyl (C=O) groups is 1. The molecule has 9 heavy (non-hydrogen) atoms. The smallest absolute Gasteiger partial charge is 0.204 e. The summed E-state index contributed by atoms with van der Waals surface area (Å²) in [6.07, 6.45) is 1.61. The summed E-state index contributed by atoms with van der Waals surface area (Å²) in [5, 5.41) is 8.80. The second-order valence-corrected chi connectivity index (χ2v) is 2.75. The van der Waals surface area contributed by atoms with Gasteiger partial charge in [0, 0.05) is 12.4 Å². The van der Waals surface area contributed by atoms with Crippen LogP contribution in [0.5, 0.6) is 0 Å². The molecule has 1 unspecified atom stereocenters. The third-order valence-electron chi connectivity index (χ3n) is 0.919. The maximum absolute atomic E-state index is 10.7. The first-order valence-electron chi connectivity index (χ1n) is 2.33. The molecule has 1 atom stereocenters. The number of aliphatic hydroxyl groups is 1. The number of nitrogens with zero attached hydrogens (tertiary/aromatic N) is 1. The molecule has 0 radical (unpaired) electrons. The fourth-order valence-corrected chi connectivity index (χ4v) is 0.942. The number of carbonyl (C=O) groups excluding carboxylic acids is 1. The Bertz CT molecular complexity index is 197. The van der Waals surface area contributed by atoms with E-state index in [1.165, 1.54) is 12.4 Å². The minimum atomic E-state index is -1.03. The van der Waals surface area contributed by atoms with Gasteiger partial charge in [0.15, 0.2) is 6.10 Å². The van der Waals surface area contributed by atoms with Crippen molar-refractivity contribution >= 4 is 34.6 Å². The van der Waals surface area contributed by atoms with E-state index in [9.17, 15) is 4.79 Å². The highest BCUT2D eigenvalue weighted by Crippen LogP contribution is 2.12. The Hall–Kier alpha value is -0.230. The predicted molar refractivity (Wildman–Crippen MR) is 41.6 cm³/mol. The zero-order valence-corrected chi connectivity index (χ0v) is 6.57. The fraction of sp³-hybridized carbons (Fsp3) is 0.200. The van der Waals surface area contributed by atoms with Crippen molar-refractivity contribution in [3.8, 4) is 0 Å². The number of halogens is 1. The highest BCUT2D eigenvalue weighted by Gasteiger charge is 2.17. The van der Waals surface area contributed by atoms with Crippen molar-refractivity contribution in [1.29, 1.82) is 0 Å². The first kappa shape index (κ1) is 6.88. The molecule has 0 spiro atoms. The standard InChI is InChI=1S/C5H4INO2/c6-3-1-7-2-4(8)5(3)9/h1-2,4,8H. The summed E-state index contributed by atoms with van der Waals surface area (Å²) in [6, 6.07) is 0. The molecule has 1 rings (SSSR count). The first-order chi connectivity index (χ1) is 4.22. The van der Waals surface area contributed by atoms with Gasteiger partial charge in [-0.15, -0.1) is 0 Å². The van der Waals surface area contributed by atoms with Crippen molar-refractivity contribution in [2.75, 3.05) is 0 Å². The average Bonchev–Trinajstić information content (AvgIpc) is 1.83. The lowest BCUT2D eigenvalue weighted by Gasteiger charge is -2.04. The van der Waals surface area contributed by atoms with Crippen LogP contribution in [0.3, 0.4) is 0 Å². The van der Waals surface area contributed by atoms with Gasteiger partial charge in [-0.3, -0.25) is 9.79 Å². The van der Waals surface area contributed by atoms with Crippen molar-refractivity contribution in [3.63, 3.8) is 0 Å². The molecule has 1 aliphatic rings. The molecule has 0 saturated carbocycles. The Morgan fingerprint density at radius 3 is 2.89 bits per heavy atom. The van der Waals surface area contributed by atoms with E-state index in [0.29, 0.717) is 3.58 Å². The lowest BCUT2D eigenvalue weighted by atomic mass is 10.2. The first-order valence-corrected chi connectivity index (χ1v) is 3.41. The Morgan fingerprint density at radius 2 is 2.44 bits per heavy atom. The summed E-state index contributed by atoms with van der Waals surface area (Å²) in [7, 11) is 0. The van der Waals surface area contributed by atoms with Crippen LogP contribution in [-0.4, -0.2) is 23.2 Å². The van der Waals surface area contributed by atoms with E-state index in [1.54, 1.807) is 0 Å². The summed E-state index contributed by atoms with van der Waals surface area (Å²) in [5.41, 5.74) is 0. The average molecular weight is 237 g/mol. The molecule has 0 aliphatic carbocycles. The number of aliphatic hydroxyl groups excluding tert-OH is 1. The van der Waals surface area contributed by atoms with Crippen LogP contribution in [0.15, 0.2) is 14.8 Å². The van der Waals surface area contributed by atoms with Gasteiger partial charge in [-0.1, -0.05) is 0 Å². The van der Waals surface area contributed by atoms with Gasteiger partial charge in [0.05, 0.1) is 3.58 Å². The van der Waals surface area contributed by atoms with Crippen LogP contribution in [0.1, 0.15) is 0 Å². The summed E-state index contributed by atoms with van der Waals surface area (Å²) < 4.78 is 0.475. The number of rotatable bonds is 0. The zero-order valence-electron chi connectivity index (χ0n) is 4.41. The fourth-order valence-electron chi connectivity index (χ4n) is 0.463. The molecular weight excluding hydrogens is 233 g/mol. The van der Waals surface area contributed by atoms with Crippen molar-refractivity contribution in [3.05, 3.63) is 9.78 Å². The van der Waals surface area contributed by atoms with Gasteiger partial charge >= 0.3 is 0 Å². The highest BCUT2D eigenvalue weighted by molar-refractivity contribution is 14.1. The van der Waals surface area contributed by atoms with Crippen LogP contribution >= 0.6 is 22.6 Å². The Labute approximate surface area is 65.6 Å². The number of Topliss-reactive ketones (excluding diaryl/α,β-unsaturated/α-hetero) is 1. The molecule has 0 aromatic carbocycles. The molecule has 48 valence electrons. The van der Waals surface area contributed by atoms with E-state index in [0.717, 1.165) is 0 Å². The maximum Gasteiger partial charge on any atom is 0.204 e. The van der Waals surface area contributed by atoms with Gasteiger partial charge in [0.25, 0.3) is 0 Å². The molecule has 0 aromatic rings. The molecule has 1 aliphatic heterocycles. The second kappa shape index (κ2) is 2.57. The molecule has 0 amide bonds. The molecule has 1 heterocycles. The zero-order chi connectivity index (χ0) is 6.85. The summed E-state index contributed by atoms with van der Waals surface area (Å²) in [5.74, 6) is -0.273. The van der Waals surface area contributed by atoms with E-state index in [-0.39, 0.29) is 5.78 Å². The Kier molecular flexibility index (Phi) is 1.97. The van der Waals surface area contributed by atoms with Gasteiger partial charge in [-0.25, -0.2) is 0 Å². The van der Waals surface area contributed by atoms with Gasteiger partial charge in [-0.05, 0) is 22.6 Å². The lowest BCUT2D eigenvalue weighted by molar-refractivity contribution is -0.119. The largest absolute Gasteiger partial charge is 0.379 e. The van der Waals surface area contributed by atoms with Crippen molar-refractivity contribution in [2.45, 2.75) is 6.10 Å². The van der Waals surface area contributed by atoms with Gasteiger partial charge in [-0.2, -0.15) is 0 Å². The summed E-state index contributed by atoms with van der Waals surface area (Å²) >= 11 is 1.84. The molecular formula is C5H4INO2. The van der Waals surface area contributed by atoms with Crippen molar-refractivity contribution in [1.82, 2.24) is 0 Å². The molecule has 0 aromatic heterocycles. The molecule has 0 saturated heterocycles. The van der Waals surface area contributed by atoms with E-state index in [2.05, 4.69) is 4.99 Å². The number of ketones is 1. The number of hydrogen-bond acceptors (Lipinski definition) is 3. The van der Waals surface area contributed by atoms with Crippen LogP contribution < -0.4 is 0 Å². The summed E-state index contributed by atoms with van der Waals surface area (Å²) in [4.78, 5) is 14.3. The minimum Gasteiger partial charge on any atom is -0.379 e. The van der Waals surface area contributed by atoms with Crippen molar-refractivity contribution in [2.24, 2.45) is 4.99 Å². The molecule has 0 bridgehead atoms. The second-order valence-electron chi connectivity index (χ2n) is 1.58. The Balaban J connectivity index is 2.86. The maximum atomic E-state index is 10.7. The van der Waals surface area contributed by atoms with Crippen LogP contribution in [0.2, 0.25) is 0 Å². The van der Waals surface area contributed by atoms with Gasteiger partial charge < -0.3 is 5.11 Å². The monoisotopic (exact) mass is 237 g/mol. The van der Waals surface area contributed by atoms with Gasteiger partial charge in [0.2, 0.25) is 5.78 Å². The highest BCUT2D eigenvalue weighted by atomic mass is 127. The van der Waals surface area contributed by atoms with Crippen LogP contribution in [0, 0.1) is 0 Å². The number of hydrogen-bond donors (Lipinski definition) is 1. The van der Waals surface area contributed by atoms with Crippen LogP contribution in [0.25, 0.3) is 0 Å². The quantitative estimate of drug-likeness (QED) is 0.615. The van der Waals surface area contributed by atoms with E-state index >= 15 is 0 Å². The van der Waals surface area contributed by atoms with E-state index in [1.807, 2.05) is 22.6 Å². The lowest BCUT2D eigenvalue weighted by Crippen LogP contribution is -2.23. The van der Waals surface area contributed by atoms with Crippen LogP contribution in [0.4, 0.5) is 0 Å². The SMILES string of the molecule is O=C1C(I)=CN=CC1O. The molecule has 3 nitrogen and oxygen atoms in total. The van der Waals surface area contributed by atoms with Crippen LogP contribution in [-0.2, 0) is 4.79 Å².